The summed E-state index contributed by atoms with van der Waals surface area (Å²) >= 11 is 2.10. The SMILES string of the molecule is O=C1CCCCCCCCCCCCCCSCCCCCO1. The number of thioether (sulfide) groups is 1. The van der Waals surface area contributed by atoms with E-state index in [0.29, 0.717) is 13.0 Å². The average Bonchev–Trinajstić information content (AvgIpc) is 2.55. The van der Waals surface area contributed by atoms with Crippen molar-refractivity contribution in [2.45, 2.75) is 103 Å². The van der Waals surface area contributed by atoms with Crippen LogP contribution >= 0.6 is 11.8 Å². The van der Waals surface area contributed by atoms with Crippen LogP contribution in [-0.2, 0) is 9.53 Å². The van der Waals surface area contributed by atoms with Crippen LogP contribution < -0.4 is 0 Å². The van der Waals surface area contributed by atoms with Crippen LogP contribution in [0.15, 0.2) is 0 Å². The van der Waals surface area contributed by atoms with E-state index in [1.807, 2.05) is 0 Å². The fourth-order valence-electron chi connectivity index (χ4n) is 3.08. The molecule has 0 amide bonds. The van der Waals surface area contributed by atoms with Gasteiger partial charge in [0.05, 0.1) is 6.61 Å². The Kier molecular flexibility index (Phi) is 15.1. The summed E-state index contributed by atoms with van der Waals surface area (Å²) in [7, 11) is 0. The molecule has 0 bridgehead atoms. The fourth-order valence-corrected chi connectivity index (χ4v) is 4.11. The Hall–Kier alpha value is -0.180. The van der Waals surface area contributed by atoms with E-state index >= 15 is 0 Å². The third-order valence-corrected chi connectivity index (χ3v) is 5.77. The molecule has 0 aliphatic carbocycles. The molecule has 0 aromatic heterocycles. The molecule has 1 rings (SSSR count). The first-order valence-electron chi connectivity index (χ1n) is 10.1. The van der Waals surface area contributed by atoms with Crippen LogP contribution in [0.5, 0.6) is 0 Å². The largest absolute Gasteiger partial charge is 0.466 e. The van der Waals surface area contributed by atoms with Crippen LogP contribution in [0.4, 0.5) is 0 Å². The molecule has 1 heterocycles. The van der Waals surface area contributed by atoms with Crippen molar-refractivity contribution in [1.82, 2.24) is 0 Å². The Labute approximate surface area is 148 Å². The average molecular weight is 343 g/mol. The number of rotatable bonds is 0. The molecule has 2 nitrogen and oxygen atoms in total. The molecule has 1 aliphatic heterocycles. The predicted octanol–water partition coefficient (Wildman–Crippen LogP) is 6.52. The van der Waals surface area contributed by atoms with Gasteiger partial charge >= 0.3 is 5.97 Å². The molecule has 136 valence electrons. The van der Waals surface area contributed by atoms with Gasteiger partial charge in [-0.1, -0.05) is 64.2 Å². The van der Waals surface area contributed by atoms with Crippen molar-refractivity contribution in [1.29, 1.82) is 0 Å². The minimum atomic E-state index is 0.0153. The Morgan fingerprint density at radius 1 is 0.565 bits per heavy atom. The normalized spacial score (nSPS) is 23.2. The molecule has 0 aromatic rings. The summed E-state index contributed by atoms with van der Waals surface area (Å²) in [6, 6.07) is 0. The van der Waals surface area contributed by atoms with Crippen LogP contribution in [0.3, 0.4) is 0 Å². The molecule has 0 unspecified atom stereocenters. The van der Waals surface area contributed by atoms with Crippen LogP contribution in [0.2, 0.25) is 0 Å². The summed E-state index contributed by atoms with van der Waals surface area (Å²) < 4.78 is 5.31. The van der Waals surface area contributed by atoms with Gasteiger partial charge in [0, 0.05) is 6.42 Å². The number of carbonyl (C=O) groups is 1. The van der Waals surface area contributed by atoms with E-state index in [1.165, 1.54) is 95.0 Å². The topological polar surface area (TPSA) is 26.3 Å². The van der Waals surface area contributed by atoms with E-state index in [1.54, 1.807) is 0 Å². The Balaban J connectivity index is 2.08. The van der Waals surface area contributed by atoms with Gasteiger partial charge in [0.15, 0.2) is 0 Å². The highest BCUT2D eigenvalue weighted by atomic mass is 32.2. The van der Waals surface area contributed by atoms with E-state index in [2.05, 4.69) is 11.8 Å². The molecule has 0 saturated carbocycles. The molecule has 3 heteroatoms. The fraction of sp³-hybridized carbons (Fsp3) is 0.950. The molecule has 1 saturated heterocycles. The predicted molar refractivity (Wildman–Crippen MR) is 102 cm³/mol. The van der Waals surface area contributed by atoms with Gasteiger partial charge in [0.25, 0.3) is 0 Å². The third-order valence-electron chi connectivity index (χ3n) is 4.62. The Morgan fingerprint density at radius 2 is 1.00 bits per heavy atom. The minimum absolute atomic E-state index is 0.0153. The van der Waals surface area contributed by atoms with E-state index in [9.17, 15) is 4.79 Å². The van der Waals surface area contributed by atoms with Crippen LogP contribution in [0.25, 0.3) is 0 Å². The molecule has 0 aromatic carbocycles. The van der Waals surface area contributed by atoms with E-state index in [0.717, 1.165) is 12.8 Å². The smallest absolute Gasteiger partial charge is 0.305 e. The molecular formula is C20H38O2S. The third kappa shape index (κ3) is 15.1. The summed E-state index contributed by atoms with van der Waals surface area (Å²) in [5.41, 5.74) is 0. The lowest BCUT2D eigenvalue weighted by atomic mass is 10.0. The first-order chi connectivity index (χ1) is 11.4. The molecular weight excluding hydrogens is 304 g/mol. The lowest BCUT2D eigenvalue weighted by Gasteiger charge is -2.06. The maximum Gasteiger partial charge on any atom is 0.305 e. The first-order valence-corrected chi connectivity index (χ1v) is 11.3. The highest BCUT2D eigenvalue weighted by Crippen LogP contribution is 2.15. The number of ether oxygens (including phenoxy) is 1. The number of hydrogen-bond donors (Lipinski definition) is 0. The zero-order valence-corrected chi connectivity index (χ0v) is 16.0. The quantitative estimate of drug-likeness (QED) is 0.469. The van der Waals surface area contributed by atoms with Gasteiger partial charge < -0.3 is 4.74 Å². The van der Waals surface area contributed by atoms with Gasteiger partial charge in [0.2, 0.25) is 0 Å². The monoisotopic (exact) mass is 342 g/mol. The van der Waals surface area contributed by atoms with E-state index in [4.69, 9.17) is 4.74 Å². The van der Waals surface area contributed by atoms with Gasteiger partial charge in [0.1, 0.15) is 0 Å². The molecule has 0 radical (unpaired) electrons. The number of esters is 1. The van der Waals surface area contributed by atoms with Crippen molar-refractivity contribution in [3.8, 4) is 0 Å². The van der Waals surface area contributed by atoms with Crippen LogP contribution in [-0.4, -0.2) is 24.1 Å². The van der Waals surface area contributed by atoms with Crippen molar-refractivity contribution in [2.75, 3.05) is 18.1 Å². The second-order valence-corrected chi connectivity index (χ2v) is 8.11. The van der Waals surface area contributed by atoms with E-state index < -0.39 is 0 Å². The number of cyclic esters (lactones) is 1. The molecule has 0 atom stereocenters. The number of hydrogen-bond acceptors (Lipinski definition) is 3. The molecule has 23 heavy (non-hydrogen) atoms. The lowest BCUT2D eigenvalue weighted by molar-refractivity contribution is -0.143. The number of carbonyl (C=O) groups excluding carboxylic acids is 1. The maximum atomic E-state index is 11.6. The standard InChI is InChI=1S/C20H38O2S/c21-20-16-12-9-7-5-3-1-2-4-6-8-10-14-18-23-19-15-11-13-17-22-20/h1-19H2. The molecule has 1 aliphatic rings. The highest BCUT2D eigenvalue weighted by molar-refractivity contribution is 7.99. The van der Waals surface area contributed by atoms with Crippen molar-refractivity contribution in [2.24, 2.45) is 0 Å². The van der Waals surface area contributed by atoms with E-state index in [-0.39, 0.29) is 5.97 Å². The van der Waals surface area contributed by atoms with Crippen molar-refractivity contribution < 1.29 is 9.53 Å². The zero-order chi connectivity index (χ0) is 16.4. The van der Waals surface area contributed by atoms with Crippen molar-refractivity contribution >= 4 is 17.7 Å². The van der Waals surface area contributed by atoms with Gasteiger partial charge in [-0.2, -0.15) is 11.8 Å². The Bertz CT molecular complexity index is 244. The lowest BCUT2D eigenvalue weighted by Crippen LogP contribution is -2.05. The van der Waals surface area contributed by atoms with Gasteiger partial charge in [-0.3, -0.25) is 4.79 Å². The van der Waals surface area contributed by atoms with Crippen LogP contribution in [0.1, 0.15) is 103 Å². The molecule has 1 fully saturated rings. The second-order valence-electron chi connectivity index (χ2n) is 6.89. The summed E-state index contributed by atoms with van der Waals surface area (Å²) in [4.78, 5) is 11.6. The maximum absolute atomic E-state index is 11.6. The van der Waals surface area contributed by atoms with Gasteiger partial charge in [-0.05, 0) is 43.6 Å². The summed E-state index contributed by atoms with van der Waals surface area (Å²) in [6.45, 7) is 0.628. The summed E-state index contributed by atoms with van der Waals surface area (Å²) in [5.74, 6) is 2.62. The summed E-state index contributed by atoms with van der Waals surface area (Å²) in [5, 5.41) is 0. The van der Waals surface area contributed by atoms with Crippen molar-refractivity contribution in [3.05, 3.63) is 0 Å². The molecule has 0 spiro atoms. The summed E-state index contributed by atoms with van der Waals surface area (Å²) in [6.07, 6.45) is 20.2. The Morgan fingerprint density at radius 3 is 1.57 bits per heavy atom. The van der Waals surface area contributed by atoms with Gasteiger partial charge in [-0.25, -0.2) is 0 Å². The van der Waals surface area contributed by atoms with Crippen LogP contribution in [0, 0.1) is 0 Å². The molecule has 0 N–H and O–H groups in total. The second kappa shape index (κ2) is 16.7. The van der Waals surface area contributed by atoms with Crippen molar-refractivity contribution in [3.63, 3.8) is 0 Å². The highest BCUT2D eigenvalue weighted by Gasteiger charge is 2.02. The minimum Gasteiger partial charge on any atom is -0.466 e. The van der Waals surface area contributed by atoms with Gasteiger partial charge in [-0.15, -0.1) is 0 Å². The first kappa shape index (κ1) is 20.9. The zero-order valence-electron chi connectivity index (χ0n) is 15.2.